The lowest BCUT2D eigenvalue weighted by Crippen LogP contribution is -2.55. The molecule has 2 bridgehead atoms. The van der Waals surface area contributed by atoms with Crippen LogP contribution >= 0.6 is 0 Å². The minimum atomic E-state index is -0.704. The molecule has 0 aliphatic carbocycles. The molecule has 3 heterocycles. The summed E-state index contributed by atoms with van der Waals surface area (Å²) in [5, 5.41) is 12.5. The Morgan fingerprint density at radius 3 is 2.62 bits per heavy atom. The van der Waals surface area contributed by atoms with Gasteiger partial charge in [-0.1, -0.05) is 24.6 Å². The molecule has 0 amide bonds. The van der Waals surface area contributed by atoms with E-state index in [4.69, 9.17) is 0 Å². The molecule has 2 saturated heterocycles. The van der Waals surface area contributed by atoms with Gasteiger partial charge in [-0.15, -0.1) is 0 Å². The third-order valence-electron chi connectivity index (χ3n) is 5.52. The Balaban J connectivity index is 1.81. The van der Waals surface area contributed by atoms with E-state index >= 15 is 0 Å². The largest absolute Gasteiger partial charge is 0.385 e. The maximum atomic E-state index is 11.4. The van der Waals surface area contributed by atoms with Crippen molar-refractivity contribution in [2.75, 3.05) is 7.05 Å². The standard InChI is InChI=1S/C18H22N2O/c1-20-13-5-4-6-14(20)12-18(21,11-13)16-9-10-19-17-8-3-2-7-15(16)17/h2-3,7-10,13-14,21H,4-6,11-12H2,1H3. The number of nitrogens with zero attached hydrogens (tertiary/aromatic N) is 2. The maximum Gasteiger partial charge on any atom is 0.0933 e. The highest BCUT2D eigenvalue weighted by atomic mass is 16.3. The number of aromatic nitrogens is 1. The molecule has 3 heteroatoms. The number of aliphatic hydroxyl groups is 1. The van der Waals surface area contributed by atoms with E-state index < -0.39 is 5.60 Å². The zero-order valence-electron chi connectivity index (χ0n) is 12.5. The number of hydrogen-bond donors (Lipinski definition) is 1. The molecule has 0 spiro atoms. The number of para-hydroxylation sites is 1. The highest BCUT2D eigenvalue weighted by Gasteiger charge is 2.45. The number of piperidine rings is 2. The Morgan fingerprint density at radius 1 is 1.14 bits per heavy atom. The molecule has 2 aromatic rings. The quantitative estimate of drug-likeness (QED) is 0.873. The van der Waals surface area contributed by atoms with Crippen molar-refractivity contribution < 1.29 is 5.11 Å². The molecule has 1 aromatic carbocycles. The highest BCUT2D eigenvalue weighted by molar-refractivity contribution is 5.82. The minimum Gasteiger partial charge on any atom is -0.385 e. The van der Waals surface area contributed by atoms with Gasteiger partial charge in [0.05, 0.1) is 11.1 Å². The molecule has 110 valence electrons. The molecule has 2 atom stereocenters. The summed E-state index contributed by atoms with van der Waals surface area (Å²) in [5.41, 5.74) is 1.34. The summed E-state index contributed by atoms with van der Waals surface area (Å²) in [5.74, 6) is 0. The molecule has 2 fully saturated rings. The normalized spacial score (nSPS) is 33.2. The predicted octanol–water partition coefficient (Wildman–Crippen LogP) is 3.07. The summed E-state index contributed by atoms with van der Waals surface area (Å²) in [6.07, 6.45) is 7.23. The van der Waals surface area contributed by atoms with Gasteiger partial charge in [0, 0.05) is 23.7 Å². The number of rotatable bonds is 1. The fourth-order valence-corrected chi connectivity index (χ4v) is 4.37. The van der Waals surface area contributed by atoms with E-state index in [9.17, 15) is 5.11 Å². The molecule has 1 aromatic heterocycles. The van der Waals surface area contributed by atoms with Crippen LogP contribution in [0.4, 0.5) is 0 Å². The fraction of sp³-hybridized carbons (Fsp3) is 0.500. The van der Waals surface area contributed by atoms with E-state index in [2.05, 4.69) is 23.0 Å². The van der Waals surface area contributed by atoms with Gasteiger partial charge in [0.2, 0.25) is 0 Å². The first-order valence-corrected chi connectivity index (χ1v) is 7.96. The van der Waals surface area contributed by atoms with Crippen LogP contribution in [0.15, 0.2) is 36.5 Å². The van der Waals surface area contributed by atoms with Gasteiger partial charge in [-0.3, -0.25) is 4.98 Å². The Labute approximate surface area is 125 Å². The molecule has 0 saturated carbocycles. The third-order valence-corrected chi connectivity index (χ3v) is 5.52. The maximum absolute atomic E-state index is 11.4. The minimum absolute atomic E-state index is 0.509. The molecule has 0 radical (unpaired) electrons. The monoisotopic (exact) mass is 282 g/mol. The van der Waals surface area contributed by atoms with Gasteiger partial charge in [-0.25, -0.2) is 0 Å². The van der Waals surface area contributed by atoms with Gasteiger partial charge in [0.1, 0.15) is 0 Å². The second-order valence-electron chi connectivity index (χ2n) is 6.72. The van der Waals surface area contributed by atoms with Crippen molar-refractivity contribution >= 4 is 10.9 Å². The van der Waals surface area contributed by atoms with Crippen LogP contribution in [0.25, 0.3) is 10.9 Å². The van der Waals surface area contributed by atoms with E-state index in [0.717, 1.165) is 29.3 Å². The second-order valence-corrected chi connectivity index (χ2v) is 6.72. The first kappa shape index (κ1) is 13.2. The van der Waals surface area contributed by atoms with Crippen molar-refractivity contribution in [2.24, 2.45) is 0 Å². The summed E-state index contributed by atoms with van der Waals surface area (Å²) < 4.78 is 0. The Kier molecular flexibility index (Phi) is 3.02. The lowest BCUT2D eigenvalue weighted by molar-refractivity contribution is -0.0866. The number of fused-ring (bicyclic) bond motifs is 3. The first-order valence-electron chi connectivity index (χ1n) is 7.96. The second kappa shape index (κ2) is 4.79. The van der Waals surface area contributed by atoms with Gasteiger partial charge in [0.15, 0.2) is 0 Å². The highest BCUT2D eigenvalue weighted by Crippen LogP contribution is 2.44. The smallest absolute Gasteiger partial charge is 0.0933 e. The van der Waals surface area contributed by atoms with Crippen molar-refractivity contribution in [3.05, 3.63) is 42.1 Å². The molecular weight excluding hydrogens is 260 g/mol. The molecule has 4 rings (SSSR count). The lowest BCUT2D eigenvalue weighted by atomic mass is 9.72. The van der Waals surface area contributed by atoms with Crippen LogP contribution in [0.2, 0.25) is 0 Å². The Bertz CT molecular complexity index is 650. The van der Waals surface area contributed by atoms with Crippen LogP contribution in [-0.2, 0) is 5.60 Å². The van der Waals surface area contributed by atoms with Crippen molar-refractivity contribution in [3.8, 4) is 0 Å². The number of pyridine rings is 1. The summed E-state index contributed by atoms with van der Waals surface area (Å²) >= 11 is 0. The summed E-state index contributed by atoms with van der Waals surface area (Å²) in [7, 11) is 2.22. The predicted molar refractivity (Wildman–Crippen MR) is 84.1 cm³/mol. The van der Waals surface area contributed by atoms with Crippen molar-refractivity contribution in [2.45, 2.75) is 49.8 Å². The van der Waals surface area contributed by atoms with E-state index in [-0.39, 0.29) is 0 Å². The third kappa shape index (κ3) is 2.07. The van der Waals surface area contributed by atoms with Gasteiger partial charge in [0.25, 0.3) is 0 Å². The van der Waals surface area contributed by atoms with Crippen LogP contribution in [0.3, 0.4) is 0 Å². The lowest BCUT2D eigenvalue weighted by Gasteiger charge is -2.51. The van der Waals surface area contributed by atoms with Crippen LogP contribution in [0.1, 0.15) is 37.7 Å². The van der Waals surface area contributed by atoms with E-state index in [1.54, 1.807) is 0 Å². The molecule has 21 heavy (non-hydrogen) atoms. The molecule has 2 aliphatic heterocycles. The molecule has 3 nitrogen and oxygen atoms in total. The molecule has 2 unspecified atom stereocenters. The van der Waals surface area contributed by atoms with E-state index in [1.165, 1.54) is 19.3 Å². The number of benzene rings is 1. The van der Waals surface area contributed by atoms with Crippen molar-refractivity contribution in [1.29, 1.82) is 0 Å². The summed E-state index contributed by atoms with van der Waals surface area (Å²) in [6, 6.07) is 11.2. The van der Waals surface area contributed by atoms with Gasteiger partial charge >= 0.3 is 0 Å². The fourth-order valence-electron chi connectivity index (χ4n) is 4.37. The molecule has 1 N–H and O–H groups in total. The Morgan fingerprint density at radius 2 is 1.86 bits per heavy atom. The zero-order chi connectivity index (χ0) is 14.4. The van der Waals surface area contributed by atoms with Crippen LogP contribution in [0, 0.1) is 0 Å². The molecule has 2 aliphatic rings. The van der Waals surface area contributed by atoms with Gasteiger partial charge in [-0.2, -0.15) is 0 Å². The topological polar surface area (TPSA) is 36.4 Å². The Hall–Kier alpha value is -1.45. The van der Waals surface area contributed by atoms with Gasteiger partial charge in [-0.05, 0) is 50.4 Å². The SMILES string of the molecule is CN1C2CCCC1CC(O)(c1ccnc3ccccc13)C2. The zero-order valence-corrected chi connectivity index (χ0v) is 12.5. The van der Waals surface area contributed by atoms with E-state index in [1.807, 2.05) is 30.5 Å². The van der Waals surface area contributed by atoms with Crippen LogP contribution in [-0.4, -0.2) is 34.1 Å². The van der Waals surface area contributed by atoms with Crippen molar-refractivity contribution in [1.82, 2.24) is 9.88 Å². The van der Waals surface area contributed by atoms with Crippen LogP contribution in [0.5, 0.6) is 0 Å². The molecular formula is C18H22N2O. The average molecular weight is 282 g/mol. The van der Waals surface area contributed by atoms with Crippen molar-refractivity contribution in [3.63, 3.8) is 0 Å². The average Bonchev–Trinajstić information content (AvgIpc) is 2.48. The first-order chi connectivity index (χ1) is 10.2. The summed E-state index contributed by atoms with van der Waals surface area (Å²) in [6.45, 7) is 0. The van der Waals surface area contributed by atoms with Crippen LogP contribution < -0.4 is 0 Å². The summed E-state index contributed by atoms with van der Waals surface area (Å²) in [4.78, 5) is 6.92. The van der Waals surface area contributed by atoms with E-state index in [0.29, 0.717) is 12.1 Å². The van der Waals surface area contributed by atoms with Gasteiger partial charge < -0.3 is 10.0 Å². The number of hydrogen-bond acceptors (Lipinski definition) is 3.